The quantitative estimate of drug-likeness (QED) is 0.292. The minimum absolute atomic E-state index is 0.171. The van der Waals surface area contributed by atoms with Gasteiger partial charge in [0.05, 0.1) is 25.4 Å². The van der Waals surface area contributed by atoms with Crippen molar-refractivity contribution >= 4 is 44.1 Å². The summed E-state index contributed by atoms with van der Waals surface area (Å²) in [6.07, 6.45) is 0. The summed E-state index contributed by atoms with van der Waals surface area (Å²) in [5.41, 5.74) is 2.13. The van der Waals surface area contributed by atoms with Gasteiger partial charge in [-0.1, -0.05) is 21.1 Å². The number of nitrogens with zero attached hydrogens (tertiary/aromatic N) is 3. The third kappa shape index (κ3) is 4.77. The zero-order valence-corrected chi connectivity index (χ0v) is 18.1. The Morgan fingerprint density at radius 3 is 2.63 bits per heavy atom. The SMILES string of the molecule is COc1ccc(C(C)=NOCC(=O)N=Nc2c(O)[nH]c3ccc(Br)cc23)cc1OC. The molecule has 9 nitrogen and oxygen atoms in total. The molecule has 0 radical (unpaired) electrons. The molecule has 3 rings (SSSR count). The van der Waals surface area contributed by atoms with E-state index < -0.39 is 12.5 Å². The van der Waals surface area contributed by atoms with Gasteiger partial charge in [-0.15, -0.1) is 10.2 Å². The van der Waals surface area contributed by atoms with Crippen molar-refractivity contribution in [3.05, 3.63) is 46.4 Å². The molecule has 0 aliphatic heterocycles. The zero-order chi connectivity index (χ0) is 21.7. The molecule has 0 atom stereocenters. The Hall–Kier alpha value is -3.40. The number of ether oxygens (including phenoxy) is 2. The van der Waals surface area contributed by atoms with Crippen LogP contribution in [0.15, 0.2) is 56.3 Å². The van der Waals surface area contributed by atoms with E-state index in [2.05, 4.69) is 36.3 Å². The fraction of sp³-hybridized carbons (Fsp3) is 0.200. The summed E-state index contributed by atoms with van der Waals surface area (Å²) in [5, 5.41) is 22.0. The minimum atomic E-state index is -0.650. The van der Waals surface area contributed by atoms with Crippen molar-refractivity contribution < 1.29 is 24.2 Å². The smallest absolute Gasteiger partial charge is 0.304 e. The largest absolute Gasteiger partial charge is 0.493 e. The number of halogens is 1. The third-order valence-corrected chi connectivity index (χ3v) is 4.66. The number of aromatic nitrogens is 1. The number of nitrogens with one attached hydrogen (secondary N) is 1. The maximum Gasteiger partial charge on any atom is 0.304 e. The van der Waals surface area contributed by atoms with Crippen LogP contribution in [0.5, 0.6) is 17.4 Å². The van der Waals surface area contributed by atoms with Crippen LogP contribution in [0.3, 0.4) is 0 Å². The Kier molecular flexibility index (Phi) is 6.68. The number of oxime groups is 1. The summed E-state index contributed by atoms with van der Waals surface area (Å²) in [6.45, 7) is 1.33. The van der Waals surface area contributed by atoms with Gasteiger partial charge in [-0.05, 0) is 43.3 Å². The minimum Gasteiger partial charge on any atom is -0.493 e. The lowest BCUT2D eigenvalue weighted by Crippen LogP contribution is -2.04. The number of H-pyrrole nitrogens is 1. The number of aromatic hydroxyl groups is 1. The number of carbonyl (C=O) groups is 1. The van der Waals surface area contributed by atoms with Gasteiger partial charge in [0.15, 0.2) is 23.8 Å². The second-order valence-corrected chi connectivity index (χ2v) is 7.04. The molecular formula is C20H19BrN4O5. The first kappa shape index (κ1) is 21.3. The molecule has 10 heteroatoms. The molecule has 0 saturated heterocycles. The highest BCUT2D eigenvalue weighted by Crippen LogP contribution is 2.36. The van der Waals surface area contributed by atoms with E-state index in [0.717, 1.165) is 10.0 Å². The highest BCUT2D eigenvalue weighted by Gasteiger charge is 2.12. The molecule has 1 heterocycles. The van der Waals surface area contributed by atoms with Gasteiger partial charge in [0.2, 0.25) is 5.88 Å². The molecule has 1 aromatic heterocycles. The molecule has 0 spiro atoms. The number of hydrogen-bond donors (Lipinski definition) is 2. The first-order chi connectivity index (χ1) is 14.4. The fourth-order valence-electron chi connectivity index (χ4n) is 2.67. The summed E-state index contributed by atoms with van der Waals surface area (Å²) in [4.78, 5) is 19.8. The number of methoxy groups -OCH3 is 2. The molecule has 0 unspecified atom stereocenters. The molecule has 0 aliphatic rings. The molecule has 3 aromatic rings. The molecule has 156 valence electrons. The molecule has 2 N–H and O–H groups in total. The van der Waals surface area contributed by atoms with Crippen LogP contribution in [-0.4, -0.2) is 42.5 Å². The van der Waals surface area contributed by atoms with Crippen LogP contribution in [0.2, 0.25) is 0 Å². The summed E-state index contributed by atoms with van der Waals surface area (Å²) < 4.78 is 11.3. The molecule has 1 amide bonds. The van der Waals surface area contributed by atoms with Crippen molar-refractivity contribution in [3.8, 4) is 17.4 Å². The van der Waals surface area contributed by atoms with Crippen molar-refractivity contribution in [3.63, 3.8) is 0 Å². The standard InChI is InChI=1S/C20H19BrN4O5/c1-11(12-4-7-16(28-2)17(8-12)29-3)25-30-10-18(26)23-24-19-14-9-13(21)5-6-15(14)22-20(19)27/h4-9,22,27H,10H2,1-3H3. The topological polar surface area (TPSA) is 118 Å². The van der Waals surface area contributed by atoms with Crippen LogP contribution in [0.1, 0.15) is 12.5 Å². The number of rotatable bonds is 7. The number of fused-ring (bicyclic) bond motifs is 1. The number of azo groups is 1. The average molecular weight is 475 g/mol. The highest BCUT2D eigenvalue weighted by atomic mass is 79.9. The maximum atomic E-state index is 12.0. The average Bonchev–Trinajstić information content (AvgIpc) is 3.05. The van der Waals surface area contributed by atoms with Gasteiger partial charge in [-0.25, -0.2) is 0 Å². The monoisotopic (exact) mass is 474 g/mol. The van der Waals surface area contributed by atoms with Crippen molar-refractivity contribution in [2.45, 2.75) is 6.92 Å². The summed E-state index contributed by atoms with van der Waals surface area (Å²) in [5.74, 6) is 0.322. The maximum absolute atomic E-state index is 12.0. The normalized spacial score (nSPS) is 11.8. The molecule has 0 fully saturated rings. The zero-order valence-electron chi connectivity index (χ0n) is 16.5. The lowest BCUT2D eigenvalue weighted by molar-refractivity contribution is -0.122. The van der Waals surface area contributed by atoms with E-state index in [0.29, 0.717) is 28.1 Å². The second-order valence-electron chi connectivity index (χ2n) is 6.13. The Morgan fingerprint density at radius 1 is 1.13 bits per heavy atom. The summed E-state index contributed by atoms with van der Waals surface area (Å²) >= 11 is 3.36. The summed E-state index contributed by atoms with van der Waals surface area (Å²) in [7, 11) is 3.09. The van der Waals surface area contributed by atoms with E-state index in [-0.39, 0.29) is 11.6 Å². The van der Waals surface area contributed by atoms with Gasteiger partial charge in [-0.3, -0.25) is 4.79 Å². The fourth-order valence-corrected chi connectivity index (χ4v) is 3.03. The van der Waals surface area contributed by atoms with E-state index in [4.69, 9.17) is 14.3 Å². The second kappa shape index (κ2) is 9.40. The third-order valence-electron chi connectivity index (χ3n) is 4.17. The molecule has 30 heavy (non-hydrogen) atoms. The summed E-state index contributed by atoms with van der Waals surface area (Å²) in [6, 6.07) is 10.6. The molecular weight excluding hydrogens is 456 g/mol. The first-order valence-electron chi connectivity index (χ1n) is 8.76. The predicted octanol–water partition coefficient (Wildman–Crippen LogP) is 4.70. The number of benzene rings is 2. The lowest BCUT2D eigenvalue weighted by atomic mass is 10.1. The molecule has 0 saturated carbocycles. The predicted molar refractivity (Wildman–Crippen MR) is 115 cm³/mol. The van der Waals surface area contributed by atoms with Crippen LogP contribution in [0.25, 0.3) is 10.9 Å². The van der Waals surface area contributed by atoms with E-state index in [1.807, 2.05) is 6.07 Å². The van der Waals surface area contributed by atoms with Crippen molar-refractivity contribution in [2.24, 2.45) is 15.4 Å². The van der Waals surface area contributed by atoms with Crippen LogP contribution in [-0.2, 0) is 9.63 Å². The van der Waals surface area contributed by atoms with Gasteiger partial charge in [0, 0.05) is 15.4 Å². The molecule has 0 aliphatic carbocycles. The van der Waals surface area contributed by atoms with Gasteiger partial charge in [-0.2, -0.15) is 0 Å². The van der Waals surface area contributed by atoms with Gasteiger partial charge in [0.25, 0.3) is 0 Å². The Labute approximate surface area is 180 Å². The van der Waals surface area contributed by atoms with Crippen LogP contribution < -0.4 is 9.47 Å². The van der Waals surface area contributed by atoms with Crippen LogP contribution in [0.4, 0.5) is 5.69 Å². The molecule has 0 bridgehead atoms. The van der Waals surface area contributed by atoms with E-state index >= 15 is 0 Å². The Bertz CT molecular complexity index is 1140. The van der Waals surface area contributed by atoms with Gasteiger partial charge >= 0.3 is 5.91 Å². The van der Waals surface area contributed by atoms with Crippen molar-refractivity contribution in [1.29, 1.82) is 0 Å². The number of amides is 1. The van der Waals surface area contributed by atoms with E-state index in [9.17, 15) is 9.90 Å². The lowest BCUT2D eigenvalue weighted by Gasteiger charge is -2.09. The first-order valence-corrected chi connectivity index (χ1v) is 9.56. The highest BCUT2D eigenvalue weighted by molar-refractivity contribution is 9.10. The number of hydrogen-bond acceptors (Lipinski definition) is 7. The van der Waals surface area contributed by atoms with Crippen molar-refractivity contribution in [1.82, 2.24) is 4.98 Å². The van der Waals surface area contributed by atoms with E-state index in [1.54, 1.807) is 51.5 Å². The number of aromatic amines is 1. The van der Waals surface area contributed by atoms with E-state index in [1.165, 1.54) is 0 Å². The number of carbonyl (C=O) groups excluding carboxylic acids is 1. The van der Waals surface area contributed by atoms with Crippen LogP contribution >= 0.6 is 15.9 Å². The molecule has 2 aromatic carbocycles. The Balaban J connectivity index is 1.65. The van der Waals surface area contributed by atoms with Crippen LogP contribution in [0, 0.1) is 0 Å². The van der Waals surface area contributed by atoms with Gasteiger partial charge in [0.1, 0.15) is 0 Å². The Morgan fingerprint density at radius 2 is 1.90 bits per heavy atom. The van der Waals surface area contributed by atoms with Crippen molar-refractivity contribution in [2.75, 3.05) is 20.8 Å². The van der Waals surface area contributed by atoms with Gasteiger partial charge < -0.3 is 24.4 Å².